The number of hydrogen-bond donors (Lipinski definition) is 2. The van der Waals surface area contributed by atoms with Gasteiger partial charge in [-0.15, -0.1) is 0 Å². The van der Waals surface area contributed by atoms with Crippen LogP contribution in [0, 0.1) is 13.8 Å². The summed E-state index contributed by atoms with van der Waals surface area (Å²) in [6.45, 7) is 6.56. The Hall–Kier alpha value is -3.52. The third-order valence-corrected chi connectivity index (χ3v) is 7.38. The number of aryl methyl sites for hydroxylation is 2. The Bertz CT molecular complexity index is 1170. The van der Waals surface area contributed by atoms with E-state index in [2.05, 4.69) is 93.6 Å². The Kier molecular flexibility index (Phi) is 8.48. The Balaban J connectivity index is 1.51. The van der Waals surface area contributed by atoms with Gasteiger partial charge in [-0.25, -0.2) is 0 Å². The lowest BCUT2D eigenvalue weighted by Crippen LogP contribution is -2.03. The molecule has 0 saturated carbocycles. The SMILES string of the molecule is CCCCCC(c1ccc(Cc2ccc(N)cc2C)cc1)c1ccc(Cc2ccc(N)cc2C)cc1. The summed E-state index contributed by atoms with van der Waals surface area (Å²) in [5.74, 6) is 0.427. The Morgan fingerprint density at radius 3 is 1.42 bits per heavy atom. The lowest BCUT2D eigenvalue weighted by atomic mass is 9.85. The summed E-state index contributed by atoms with van der Waals surface area (Å²) >= 11 is 0. The minimum absolute atomic E-state index is 0.427. The summed E-state index contributed by atoms with van der Waals surface area (Å²) in [7, 11) is 0. The van der Waals surface area contributed by atoms with Gasteiger partial charge in [0.2, 0.25) is 0 Å². The van der Waals surface area contributed by atoms with E-state index >= 15 is 0 Å². The Morgan fingerprint density at radius 1 is 0.583 bits per heavy atom. The number of nitrogens with two attached hydrogens (primary N) is 2. The number of rotatable bonds is 10. The van der Waals surface area contributed by atoms with Crippen LogP contribution in [0.5, 0.6) is 0 Å². The van der Waals surface area contributed by atoms with Gasteiger partial charge in [-0.2, -0.15) is 0 Å². The van der Waals surface area contributed by atoms with Crippen molar-refractivity contribution in [1.82, 2.24) is 0 Å². The molecular weight excluding hydrogens is 436 g/mol. The predicted octanol–water partition coefficient (Wildman–Crippen LogP) is 8.36. The van der Waals surface area contributed by atoms with E-state index in [1.165, 1.54) is 70.2 Å². The van der Waals surface area contributed by atoms with E-state index in [0.29, 0.717) is 5.92 Å². The fourth-order valence-corrected chi connectivity index (χ4v) is 5.13. The molecule has 2 heteroatoms. The molecule has 4 rings (SSSR count). The Labute approximate surface area is 217 Å². The van der Waals surface area contributed by atoms with E-state index < -0.39 is 0 Å². The van der Waals surface area contributed by atoms with Crippen LogP contribution >= 0.6 is 0 Å². The van der Waals surface area contributed by atoms with Crippen LogP contribution in [0.15, 0.2) is 84.9 Å². The quantitative estimate of drug-likeness (QED) is 0.178. The average Bonchev–Trinajstić information content (AvgIpc) is 2.87. The van der Waals surface area contributed by atoms with Crippen molar-refractivity contribution in [3.63, 3.8) is 0 Å². The smallest absolute Gasteiger partial charge is 0.0316 e. The highest BCUT2D eigenvalue weighted by molar-refractivity contribution is 5.47. The predicted molar refractivity (Wildman–Crippen MR) is 156 cm³/mol. The number of unbranched alkanes of at least 4 members (excludes halogenated alkanes) is 2. The maximum Gasteiger partial charge on any atom is 0.0316 e. The highest BCUT2D eigenvalue weighted by atomic mass is 14.5. The van der Waals surface area contributed by atoms with E-state index in [-0.39, 0.29) is 0 Å². The van der Waals surface area contributed by atoms with Gasteiger partial charge in [0.05, 0.1) is 0 Å². The van der Waals surface area contributed by atoms with E-state index in [9.17, 15) is 0 Å². The lowest BCUT2D eigenvalue weighted by Gasteiger charge is -2.19. The number of benzene rings is 4. The van der Waals surface area contributed by atoms with Gasteiger partial charge in [0.15, 0.2) is 0 Å². The van der Waals surface area contributed by atoms with Crippen LogP contribution in [0.2, 0.25) is 0 Å². The van der Waals surface area contributed by atoms with E-state index in [1.807, 2.05) is 12.1 Å². The standard InChI is InChI=1S/C34H40N2/c1-4-5-6-7-34(28-12-8-26(9-13-28)22-30-16-18-32(35)20-24(30)2)29-14-10-27(11-15-29)23-31-17-19-33(36)21-25(31)3/h8-21,34H,4-7,22-23,35-36H2,1-3H3. The normalized spacial score (nSPS) is 11.2. The molecule has 0 radical (unpaired) electrons. The van der Waals surface area contributed by atoms with Gasteiger partial charge < -0.3 is 11.5 Å². The fraction of sp³-hybridized carbons (Fsp3) is 0.294. The zero-order chi connectivity index (χ0) is 25.5. The van der Waals surface area contributed by atoms with Crippen molar-refractivity contribution in [2.45, 2.75) is 65.2 Å². The average molecular weight is 477 g/mol. The molecule has 0 fully saturated rings. The second kappa shape index (κ2) is 11.9. The minimum Gasteiger partial charge on any atom is -0.399 e. The molecule has 0 saturated heterocycles. The summed E-state index contributed by atoms with van der Waals surface area (Å²) < 4.78 is 0. The Morgan fingerprint density at radius 2 is 1.03 bits per heavy atom. The molecule has 186 valence electrons. The van der Waals surface area contributed by atoms with Crippen molar-refractivity contribution in [1.29, 1.82) is 0 Å². The largest absolute Gasteiger partial charge is 0.399 e. The van der Waals surface area contributed by atoms with Crippen LogP contribution in [-0.2, 0) is 12.8 Å². The molecule has 0 aliphatic carbocycles. The van der Waals surface area contributed by atoms with Crippen molar-refractivity contribution >= 4 is 11.4 Å². The molecule has 4 N–H and O–H groups in total. The van der Waals surface area contributed by atoms with E-state index in [1.54, 1.807) is 0 Å². The molecule has 0 amide bonds. The van der Waals surface area contributed by atoms with Crippen LogP contribution in [-0.4, -0.2) is 0 Å². The zero-order valence-corrected chi connectivity index (χ0v) is 22.1. The van der Waals surface area contributed by atoms with Crippen LogP contribution < -0.4 is 11.5 Å². The van der Waals surface area contributed by atoms with Gasteiger partial charge in [0, 0.05) is 17.3 Å². The first-order chi connectivity index (χ1) is 17.4. The summed E-state index contributed by atoms with van der Waals surface area (Å²) in [5, 5.41) is 0. The fourth-order valence-electron chi connectivity index (χ4n) is 5.13. The van der Waals surface area contributed by atoms with Crippen molar-refractivity contribution < 1.29 is 0 Å². The van der Waals surface area contributed by atoms with Crippen LogP contribution in [0.3, 0.4) is 0 Å². The third-order valence-electron chi connectivity index (χ3n) is 7.38. The molecule has 0 aliphatic rings. The summed E-state index contributed by atoms with van der Waals surface area (Å²) in [6, 6.07) is 31.0. The topological polar surface area (TPSA) is 52.0 Å². The second-order valence-electron chi connectivity index (χ2n) is 10.3. The third kappa shape index (κ3) is 6.57. The molecule has 0 aromatic heterocycles. The number of nitrogen functional groups attached to an aromatic ring is 2. The van der Waals surface area contributed by atoms with E-state index in [4.69, 9.17) is 11.5 Å². The molecule has 0 atom stereocenters. The molecule has 4 aromatic carbocycles. The maximum absolute atomic E-state index is 5.93. The molecule has 0 heterocycles. The molecule has 0 aliphatic heterocycles. The highest BCUT2D eigenvalue weighted by Crippen LogP contribution is 2.31. The van der Waals surface area contributed by atoms with E-state index in [0.717, 1.165) is 24.2 Å². The summed E-state index contributed by atoms with van der Waals surface area (Å²) in [5.41, 5.74) is 24.2. The van der Waals surface area contributed by atoms with Gasteiger partial charge >= 0.3 is 0 Å². The van der Waals surface area contributed by atoms with Gasteiger partial charge in [-0.1, -0.05) is 86.8 Å². The highest BCUT2D eigenvalue weighted by Gasteiger charge is 2.15. The minimum atomic E-state index is 0.427. The van der Waals surface area contributed by atoms with Crippen LogP contribution in [0.25, 0.3) is 0 Å². The molecular formula is C34H40N2. The first kappa shape index (κ1) is 25.6. The summed E-state index contributed by atoms with van der Waals surface area (Å²) in [4.78, 5) is 0. The van der Waals surface area contributed by atoms with Crippen molar-refractivity contribution in [2.24, 2.45) is 0 Å². The van der Waals surface area contributed by atoms with Crippen molar-refractivity contribution in [2.75, 3.05) is 11.5 Å². The number of anilines is 2. The first-order valence-corrected chi connectivity index (χ1v) is 13.3. The van der Waals surface area contributed by atoms with Gasteiger partial charge in [-0.3, -0.25) is 0 Å². The molecule has 2 nitrogen and oxygen atoms in total. The zero-order valence-electron chi connectivity index (χ0n) is 22.1. The second-order valence-corrected chi connectivity index (χ2v) is 10.3. The van der Waals surface area contributed by atoms with Crippen LogP contribution in [0.1, 0.15) is 83.0 Å². The van der Waals surface area contributed by atoms with Gasteiger partial charge in [-0.05, 0) is 102 Å². The van der Waals surface area contributed by atoms with Crippen LogP contribution in [0.4, 0.5) is 11.4 Å². The van der Waals surface area contributed by atoms with Gasteiger partial charge in [0.25, 0.3) is 0 Å². The molecule has 0 spiro atoms. The van der Waals surface area contributed by atoms with Crippen molar-refractivity contribution in [3.05, 3.63) is 129 Å². The summed E-state index contributed by atoms with van der Waals surface area (Å²) in [6.07, 6.45) is 6.82. The number of hydrogen-bond acceptors (Lipinski definition) is 2. The maximum atomic E-state index is 5.93. The molecule has 0 unspecified atom stereocenters. The molecule has 36 heavy (non-hydrogen) atoms. The molecule has 4 aromatic rings. The monoisotopic (exact) mass is 476 g/mol. The lowest BCUT2D eigenvalue weighted by molar-refractivity contribution is 0.618. The van der Waals surface area contributed by atoms with Gasteiger partial charge in [0.1, 0.15) is 0 Å². The first-order valence-electron chi connectivity index (χ1n) is 13.3. The molecule has 0 bridgehead atoms. The van der Waals surface area contributed by atoms with Crippen molar-refractivity contribution in [3.8, 4) is 0 Å².